The molecule has 1 N–H and O–H groups in total. The zero-order chi connectivity index (χ0) is 10.0. The Morgan fingerprint density at radius 3 is 2.54 bits per heavy atom. The van der Waals surface area contributed by atoms with Gasteiger partial charge in [-0.3, -0.25) is 4.98 Å². The van der Waals surface area contributed by atoms with Crippen molar-refractivity contribution in [2.24, 2.45) is 0 Å². The molecular weight excluding hydrogens is 166 g/mol. The maximum Gasteiger partial charge on any atom is 0.130 e. The van der Waals surface area contributed by atoms with Crippen molar-refractivity contribution in [1.82, 2.24) is 4.98 Å². The van der Waals surface area contributed by atoms with E-state index >= 15 is 0 Å². The number of pyridine rings is 1. The van der Waals surface area contributed by atoms with E-state index in [-0.39, 0.29) is 0 Å². The van der Waals surface area contributed by atoms with E-state index in [9.17, 15) is 5.11 Å². The van der Waals surface area contributed by atoms with Crippen LogP contribution in [0.2, 0.25) is 0 Å². The zero-order valence-electron chi connectivity index (χ0n) is 8.46. The van der Waals surface area contributed by atoms with Crippen LogP contribution in [0.4, 0.5) is 0 Å². The molecule has 0 aliphatic carbocycles. The summed E-state index contributed by atoms with van der Waals surface area (Å²) in [5.74, 6) is 0.738. The second-order valence-corrected chi connectivity index (χ2v) is 3.13. The minimum absolute atomic E-state index is 0.540. The summed E-state index contributed by atoms with van der Waals surface area (Å²) in [4.78, 5) is 4.17. The molecule has 3 nitrogen and oxygen atoms in total. The predicted octanol–water partition coefficient (Wildman–Crippen LogP) is 1.76. The molecule has 13 heavy (non-hydrogen) atoms. The van der Waals surface area contributed by atoms with E-state index in [4.69, 9.17) is 4.74 Å². The summed E-state index contributed by atoms with van der Waals surface area (Å²) in [5, 5.41) is 9.43. The van der Waals surface area contributed by atoms with Crippen LogP contribution in [0, 0.1) is 13.8 Å². The Morgan fingerprint density at radius 1 is 1.46 bits per heavy atom. The van der Waals surface area contributed by atoms with Gasteiger partial charge in [-0.25, -0.2) is 0 Å². The Morgan fingerprint density at radius 2 is 2.08 bits per heavy atom. The molecule has 0 aromatic carbocycles. The van der Waals surface area contributed by atoms with E-state index < -0.39 is 6.10 Å². The topological polar surface area (TPSA) is 42.4 Å². The lowest BCUT2D eigenvalue weighted by Crippen LogP contribution is -2.01. The molecule has 0 aliphatic heterocycles. The minimum Gasteiger partial charge on any atom is -0.496 e. The molecular formula is C10H15NO2. The molecule has 1 aromatic heterocycles. The molecule has 0 saturated carbocycles. The van der Waals surface area contributed by atoms with E-state index in [1.165, 1.54) is 0 Å². The van der Waals surface area contributed by atoms with Crippen LogP contribution in [0.1, 0.15) is 29.8 Å². The van der Waals surface area contributed by atoms with Crippen LogP contribution < -0.4 is 4.74 Å². The average molecular weight is 181 g/mol. The van der Waals surface area contributed by atoms with Gasteiger partial charge in [0.05, 0.1) is 13.2 Å². The zero-order valence-corrected chi connectivity index (χ0v) is 8.46. The van der Waals surface area contributed by atoms with Gasteiger partial charge in [0.25, 0.3) is 0 Å². The average Bonchev–Trinajstić information content (AvgIpc) is 2.09. The number of aliphatic hydroxyl groups is 1. The van der Waals surface area contributed by atoms with Gasteiger partial charge >= 0.3 is 0 Å². The second-order valence-electron chi connectivity index (χ2n) is 3.13. The lowest BCUT2D eigenvalue weighted by Gasteiger charge is -2.14. The van der Waals surface area contributed by atoms with Crippen LogP contribution in [0.25, 0.3) is 0 Å². The number of hydrogen-bond donors (Lipinski definition) is 1. The third-order valence-electron chi connectivity index (χ3n) is 2.20. The minimum atomic E-state index is -0.540. The fraction of sp³-hybridized carbons (Fsp3) is 0.500. The van der Waals surface area contributed by atoms with E-state index in [0.717, 1.165) is 22.6 Å². The summed E-state index contributed by atoms with van der Waals surface area (Å²) in [6, 6.07) is 0. The molecule has 0 spiro atoms. The van der Waals surface area contributed by atoms with E-state index in [1.807, 2.05) is 13.8 Å². The van der Waals surface area contributed by atoms with Crippen molar-refractivity contribution in [2.75, 3.05) is 7.11 Å². The number of nitrogens with zero attached hydrogens (tertiary/aromatic N) is 1. The van der Waals surface area contributed by atoms with Crippen LogP contribution >= 0.6 is 0 Å². The van der Waals surface area contributed by atoms with Crippen LogP contribution in [-0.2, 0) is 0 Å². The van der Waals surface area contributed by atoms with Crippen molar-refractivity contribution in [3.05, 3.63) is 23.0 Å². The molecule has 72 valence electrons. The first-order chi connectivity index (χ1) is 6.07. The number of rotatable bonds is 2. The molecule has 0 fully saturated rings. The predicted molar refractivity (Wildman–Crippen MR) is 50.9 cm³/mol. The number of aromatic nitrogens is 1. The smallest absolute Gasteiger partial charge is 0.130 e. The lowest BCUT2D eigenvalue weighted by atomic mass is 10.1. The number of hydrogen-bond acceptors (Lipinski definition) is 3. The van der Waals surface area contributed by atoms with Crippen LogP contribution in [0.15, 0.2) is 6.20 Å². The molecule has 0 saturated heterocycles. The number of aliphatic hydroxyl groups excluding tert-OH is 1. The molecule has 0 radical (unpaired) electrons. The second kappa shape index (κ2) is 3.75. The lowest BCUT2D eigenvalue weighted by molar-refractivity contribution is 0.193. The largest absolute Gasteiger partial charge is 0.496 e. The monoisotopic (exact) mass is 181 g/mol. The summed E-state index contributed by atoms with van der Waals surface area (Å²) < 4.78 is 5.22. The summed E-state index contributed by atoms with van der Waals surface area (Å²) in [5.41, 5.74) is 2.66. The van der Waals surface area contributed by atoms with E-state index in [1.54, 1.807) is 20.2 Å². The third kappa shape index (κ3) is 1.80. The van der Waals surface area contributed by atoms with Gasteiger partial charge in [-0.15, -0.1) is 0 Å². The van der Waals surface area contributed by atoms with Gasteiger partial charge in [-0.05, 0) is 20.8 Å². The molecule has 3 heteroatoms. The Hall–Kier alpha value is -1.09. The molecule has 1 atom stereocenters. The molecule has 0 aliphatic rings. The van der Waals surface area contributed by atoms with Crippen molar-refractivity contribution in [1.29, 1.82) is 0 Å². The Balaban J connectivity index is 3.30. The highest BCUT2D eigenvalue weighted by Gasteiger charge is 2.12. The van der Waals surface area contributed by atoms with Crippen LogP contribution in [-0.4, -0.2) is 17.2 Å². The standard InChI is InChI=1S/C10H15NO2/c1-6-7(2)11-5-9(8(3)12)10(6)13-4/h5,8,12H,1-4H3. The summed E-state index contributed by atoms with van der Waals surface area (Å²) in [7, 11) is 1.60. The van der Waals surface area contributed by atoms with E-state index in [0.29, 0.717) is 0 Å². The first kappa shape index (κ1) is 9.99. The first-order valence-electron chi connectivity index (χ1n) is 4.26. The van der Waals surface area contributed by atoms with Gasteiger partial charge in [-0.1, -0.05) is 0 Å². The van der Waals surface area contributed by atoms with Gasteiger partial charge in [-0.2, -0.15) is 0 Å². The highest BCUT2D eigenvalue weighted by molar-refractivity contribution is 5.42. The van der Waals surface area contributed by atoms with Crippen LogP contribution in [0.5, 0.6) is 5.75 Å². The fourth-order valence-corrected chi connectivity index (χ4v) is 1.27. The number of ether oxygens (including phenoxy) is 1. The normalized spacial score (nSPS) is 12.7. The van der Waals surface area contributed by atoms with Gasteiger partial charge in [0.15, 0.2) is 0 Å². The Labute approximate surface area is 78.4 Å². The molecule has 0 bridgehead atoms. The molecule has 1 heterocycles. The maximum absolute atomic E-state index is 9.43. The van der Waals surface area contributed by atoms with Gasteiger partial charge in [0.2, 0.25) is 0 Å². The first-order valence-corrected chi connectivity index (χ1v) is 4.26. The molecule has 1 rings (SSSR count). The fourth-order valence-electron chi connectivity index (χ4n) is 1.27. The molecule has 0 amide bonds. The van der Waals surface area contributed by atoms with Gasteiger partial charge < -0.3 is 9.84 Å². The Bertz CT molecular complexity index is 308. The van der Waals surface area contributed by atoms with Crippen molar-refractivity contribution < 1.29 is 9.84 Å². The SMILES string of the molecule is COc1c(C(C)O)cnc(C)c1C. The highest BCUT2D eigenvalue weighted by atomic mass is 16.5. The van der Waals surface area contributed by atoms with Gasteiger partial charge in [0, 0.05) is 23.0 Å². The molecule has 1 unspecified atom stereocenters. The van der Waals surface area contributed by atoms with Crippen molar-refractivity contribution >= 4 is 0 Å². The van der Waals surface area contributed by atoms with Gasteiger partial charge in [0.1, 0.15) is 5.75 Å². The van der Waals surface area contributed by atoms with Crippen molar-refractivity contribution in [2.45, 2.75) is 26.9 Å². The van der Waals surface area contributed by atoms with Crippen LogP contribution in [0.3, 0.4) is 0 Å². The van der Waals surface area contributed by atoms with E-state index in [2.05, 4.69) is 4.98 Å². The quantitative estimate of drug-likeness (QED) is 0.756. The summed E-state index contributed by atoms with van der Waals surface area (Å²) in [6.07, 6.45) is 1.12. The number of methoxy groups -OCH3 is 1. The van der Waals surface area contributed by atoms with Crippen molar-refractivity contribution in [3.8, 4) is 5.75 Å². The highest BCUT2D eigenvalue weighted by Crippen LogP contribution is 2.28. The number of aryl methyl sites for hydroxylation is 1. The van der Waals surface area contributed by atoms with Crippen molar-refractivity contribution in [3.63, 3.8) is 0 Å². The third-order valence-corrected chi connectivity index (χ3v) is 2.20. The molecule has 1 aromatic rings. The Kier molecular flexibility index (Phi) is 2.88. The summed E-state index contributed by atoms with van der Waals surface area (Å²) in [6.45, 7) is 5.56. The summed E-state index contributed by atoms with van der Waals surface area (Å²) >= 11 is 0. The maximum atomic E-state index is 9.43.